The summed E-state index contributed by atoms with van der Waals surface area (Å²) in [5, 5.41) is 0.370. The molecule has 88 valence electrons. The molecule has 0 fully saturated rings. The molecule has 2 aliphatic rings. The van der Waals surface area contributed by atoms with E-state index in [1.165, 1.54) is 31.9 Å². The van der Waals surface area contributed by atoms with Gasteiger partial charge in [-0.1, -0.05) is 11.6 Å². The van der Waals surface area contributed by atoms with Crippen LogP contribution >= 0.6 is 11.8 Å². The number of allylic oxidation sites excluding steroid dienone is 2. The summed E-state index contributed by atoms with van der Waals surface area (Å²) in [4.78, 5) is 12.1. The molecule has 1 aliphatic carbocycles. The van der Waals surface area contributed by atoms with Crippen molar-refractivity contribution in [3.63, 3.8) is 0 Å². The highest BCUT2D eigenvalue weighted by atomic mass is 32.2. The molecule has 0 aromatic heterocycles. The number of nitrogens with two attached hydrogens (primary N) is 1. The number of methoxy groups -OCH3 is 1. The number of carbonyl (C=O) groups excluding carboxylic acids is 1. The minimum Gasteiger partial charge on any atom is -0.465 e. The molecule has 1 aliphatic heterocycles. The lowest BCUT2D eigenvalue weighted by molar-refractivity contribution is -0.135. The van der Waals surface area contributed by atoms with Gasteiger partial charge >= 0.3 is 5.97 Å². The first-order valence-electron chi connectivity index (χ1n) is 5.65. The molecule has 0 amide bonds. The van der Waals surface area contributed by atoms with Gasteiger partial charge in [0.25, 0.3) is 0 Å². The zero-order valence-electron chi connectivity index (χ0n) is 9.49. The maximum Gasteiger partial charge on any atom is 0.346 e. The van der Waals surface area contributed by atoms with E-state index in [2.05, 4.69) is 6.08 Å². The van der Waals surface area contributed by atoms with Gasteiger partial charge in [0, 0.05) is 17.4 Å². The summed E-state index contributed by atoms with van der Waals surface area (Å²) in [6, 6.07) is 0. The summed E-state index contributed by atoms with van der Waals surface area (Å²) in [5.41, 5.74) is 8.03. The van der Waals surface area contributed by atoms with Crippen LogP contribution in [-0.4, -0.2) is 18.3 Å². The standard InChI is InChI=1S/C12H17NO2S/c1-15-12(14)11-9(13)7-10(16-11)8-5-3-2-4-6-8/h5,10H,2-4,6-7,13H2,1H3. The Morgan fingerprint density at radius 2 is 2.38 bits per heavy atom. The number of ether oxygens (including phenoxy) is 1. The molecule has 2 rings (SSSR count). The molecule has 4 heteroatoms. The third-order valence-corrected chi connectivity index (χ3v) is 4.49. The Morgan fingerprint density at radius 3 is 3.00 bits per heavy atom. The predicted molar refractivity (Wildman–Crippen MR) is 65.8 cm³/mol. The smallest absolute Gasteiger partial charge is 0.346 e. The molecule has 0 aromatic rings. The fraction of sp³-hybridized carbons (Fsp3) is 0.583. The highest BCUT2D eigenvalue weighted by Crippen LogP contribution is 2.42. The molecule has 16 heavy (non-hydrogen) atoms. The van der Waals surface area contributed by atoms with E-state index in [1.807, 2.05) is 0 Å². The number of hydrogen-bond acceptors (Lipinski definition) is 4. The lowest BCUT2D eigenvalue weighted by Gasteiger charge is -2.18. The van der Waals surface area contributed by atoms with Crippen molar-refractivity contribution in [2.45, 2.75) is 37.4 Å². The van der Waals surface area contributed by atoms with E-state index in [1.54, 1.807) is 11.8 Å². The van der Waals surface area contributed by atoms with E-state index >= 15 is 0 Å². The lowest BCUT2D eigenvalue weighted by Crippen LogP contribution is -2.08. The number of thioether (sulfide) groups is 1. The molecule has 3 nitrogen and oxygen atoms in total. The molecule has 1 heterocycles. The van der Waals surface area contributed by atoms with Crippen LogP contribution in [0.15, 0.2) is 22.3 Å². The van der Waals surface area contributed by atoms with Crippen molar-refractivity contribution in [3.05, 3.63) is 22.3 Å². The molecule has 0 radical (unpaired) electrons. The van der Waals surface area contributed by atoms with Gasteiger partial charge in [0.2, 0.25) is 0 Å². The van der Waals surface area contributed by atoms with Crippen LogP contribution in [0.2, 0.25) is 0 Å². The monoisotopic (exact) mass is 239 g/mol. The second-order valence-electron chi connectivity index (χ2n) is 4.18. The molecule has 1 atom stereocenters. The normalized spacial score (nSPS) is 25.6. The number of rotatable bonds is 2. The highest BCUT2D eigenvalue weighted by molar-refractivity contribution is 8.05. The van der Waals surface area contributed by atoms with Gasteiger partial charge in [-0.05, 0) is 25.7 Å². The van der Waals surface area contributed by atoms with Gasteiger partial charge in [-0.3, -0.25) is 0 Å². The molecule has 0 spiro atoms. The summed E-state index contributed by atoms with van der Waals surface area (Å²) in [6.45, 7) is 0. The fourth-order valence-electron chi connectivity index (χ4n) is 2.19. The van der Waals surface area contributed by atoms with Crippen molar-refractivity contribution in [2.75, 3.05) is 7.11 Å². The minimum atomic E-state index is -0.290. The van der Waals surface area contributed by atoms with Gasteiger partial charge in [0.15, 0.2) is 0 Å². The van der Waals surface area contributed by atoms with Gasteiger partial charge in [0.1, 0.15) is 4.91 Å². The topological polar surface area (TPSA) is 52.3 Å². The first-order chi connectivity index (χ1) is 7.72. The van der Waals surface area contributed by atoms with Crippen molar-refractivity contribution in [1.29, 1.82) is 0 Å². The second-order valence-corrected chi connectivity index (χ2v) is 5.39. The average molecular weight is 239 g/mol. The van der Waals surface area contributed by atoms with Crippen LogP contribution < -0.4 is 5.73 Å². The Morgan fingerprint density at radius 1 is 1.56 bits per heavy atom. The Hall–Kier alpha value is -0.900. The third kappa shape index (κ3) is 2.26. The largest absolute Gasteiger partial charge is 0.465 e. The van der Waals surface area contributed by atoms with Crippen LogP contribution in [0.25, 0.3) is 0 Å². The first-order valence-corrected chi connectivity index (χ1v) is 6.53. The quantitative estimate of drug-likeness (QED) is 0.593. The molecular formula is C12H17NO2S. The van der Waals surface area contributed by atoms with E-state index in [0.29, 0.717) is 15.9 Å². The van der Waals surface area contributed by atoms with Crippen molar-refractivity contribution in [2.24, 2.45) is 5.73 Å². The van der Waals surface area contributed by atoms with Gasteiger partial charge in [-0.2, -0.15) is 0 Å². The Kier molecular flexibility index (Phi) is 3.59. The van der Waals surface area contributed by atoms with Crippen molar-refractivity contribution >= 4 is 17.7 Å². The van der Waals surface area contributed by atoms with Gasteiger partial charge in [-0.15, -0.1) is 11.8 Å². The average Bonchev–Trinajstić information content (AvgIpc) is 2.71. The van der Waals surface area contributed by atoms with E-state index in [0.717, 1.165) is 12.8 Å². The van der Waals surface area contributed by atoms with Gasteiger partial charge in [-0.25, -0.2) is 4.79 Å². The second kappa shape index (κ2) is 4.95. The summed E-state index contributed by atoms with van der Waals surface area (Å²) >= 11 is 1.57. The first kappa shape index (κ1) is 11.6. The zero-order chi connectivity index (χ0) is 11.5. The fourth-order valence-corrected chi connectivity index (χ4v) is 3.51. The number of esters is 1. The van der Waals surface area contributed by atoms with Crippen LogP contribution in [0.1, 0.15) is 32.1 Å². The molecule has 1 unspecified atom stereocenters. The summed E-state index contributed by atoms with van der Waals surface area (Å²) in [5.74, 6) is -0.290. The van der Waals surface area contributed by atoms with E-state index in [9.17, 15) is 4.79 Å². The summed E-state index contributed by atoms with van der Waals surface area (Å²) in [7, 11) is 1.40. The van der Waals surface area contributed by atoms with Crippen LogP contribution in [0.4, 0.5) is 0 Å². The zero-order valence-corrected chi connectivity index (χ0v) is 10.3. The van der Waals surface area contributed by atoms with Crippen LogP contribution in [0, 0.1) is 0 Å². The Bertz CT molecular complexity index is 360. The maximum absolute atomic E-state index is 11.5. The highest BCUT2D eigenvalue weighted by Gasteiger charge is 2.30. The minimum absolute atomic E-state index is 0.290. The molecule has 2 N–H and O–H groups in total. The van der Waals surface area contributed by atoms with Gasteiger partial charge < -0.3 is 10.5 Å². The predicted octanol–water partition coefficient (Wildman–Crippen LogP) is 2.34. The number of carbonyl (C=O) groups is 1. The van der Waals surface area contributed by atoms with Crippen molar-refractivity contribution in [1.82, 2.24) is 0 Å². The Balaban J connectivity index is 2.04. The molecule has 0 aromatic carbocycles. The maximum atomic E-state index is 11.5. The number of hydrogen-bond donors (Lipinski definition) is 1. The third-order valence-electron chi connectivity index (χ3n) is 3.07. The van der Waals surface area contributed by atoms with Crippen molar-refractivity contribution < 1.29 is 9.53 Å². The molecule has 0 saturated heterocycles. The molecular weight excluding hydrogens is 222 g/mol. The van der Waals surface area contributed by atoms with Crippen LogP contribution in [-0.2, 0) is 9.53 Å². The van der Waals surface area contributed by atoms with Gasteiger partial charge in [0.05, 0.1) is 7.11 Å². The summed E-state index contributed by atoms with van der Waals surface area (Å²) in [6.07, 6.45) is 7.97. The lowest BCUT2D eigenvalue weighted by atomic mass is 9.95. The SMILES string of the molecule is COC(=O)C1=C(N)CC(C2=CCCCC2)S1. The molecule has 0 bridgehead atoms. The molecule has 0 saturated carbocycles. The van der Waals surface area contributed by atoms with Crippen LogP contribution in [0.5, 0.6) is 0 Å². The van der Waals surface area contributed by atoms with Crippen molar-refractivity contribution in [3.8, 4) is 0 Å². The van der Waals surface area contributed by atoms with Crippen LogP contribution in [0.3, 0.4) is 0 Å². The van der Waals surface area contributed by atoms with E-state index in [4.69, 9.17) is 10.5 Å². The Labute approximate surface area is 100 Å². The summed E-state index contributed by atoms with van der Waals surface area (Å²) < 4.78 is 4.72. The van der Waals surface area contributed by atoms with E-state index in [-0.39, 0.29) is 5.97 Å². The van der Waals surface area contributed by atoms with E-state index < -0.39 is 0 Å².